The summed E-state index contributed by atoms with van der Waals surface area (Å²) in [5.74, 6) is 0.694. The summed E-state index contributed by atoms with van der Waals surface area (Å²) in [6, 6.07) is 12.0. The molecular formula is C21H28N4O4S. The number of hydrogen-bond acceptors (Lipinski definition) is 6. The second-order valence-corrected chi connectivity index (χ2v) is 9.63. The number of nitro groups is 1. The molecule has 0 aliphatic carbocycles. The number of sulfonamides is 1. The molecule has 0 saturated carbocycles. The summed E-state index contributed by atoms with van der Waals surface area (Å²) in [5, 5.41) is 14.6. The minimum atomic E-state index is -3.75. The molecule has 0 amide bonds. The quantitative estimate of drug-likeness (QED) is 0.490. The zero-order chi connectivity index (χ0) is 21.7. The number of nitro benzene ring substituents is 1. The van der Waals surface area contributed by atoms with Gasteiger partial charge in [-0.3, -0.25) is 15.0 Å². The van der Waals surface area contributed by atoms with Crippen LogP contribution in [-0.2, 0) is 23.1 Å². The summed E-state index contributed by atoms with van der Waals surface area (Å²) in [4.78, 5) is 13.2. The molecule has 1 unspecified atom stereocenters. The average Bonchev–Trinajstić information content (AvgIpc) is 2.73. The summed E-state index contributed by atoms with van der Waals surface area (Å²) in [6.07, 6.45) is 2.47. The Bertz CT molecular complexity index is 1010. The number of piperidine rings is 1. The maximum Gasteiger partial charge on any atom is 0.293 e. The molecule has 0 aromatic heterocycles. The normalized spacial score (nSPS) is 17.6. The van der Waals surface area contributed by atoms with Crippen molar-refractivity contribution in [2.75, 3.05) is 25.5 Å². The Labute approximate surface area is 177 Å². The van der Waals surface area contributed by atoms with Gasteiger partial charge in [0.2, 0.25) is 10.0 Å². The van der Waals surface area contributed by atoms with Gasteiger partial charge >= 0.3 is 0 Å². The fourth-order valence-electron chi connectivity index (χ4n) is 3.84. The van der Waals surface area contributed by atoms with Crippen LogP contribution in [0.3, 0.4) is 0 Å². The minimum absolute atomic E-state index is 0.137. The monoisotopic (exact) mass is 432 g/mol. The highest BCUT2D eigenvalue weighted by Crippen LogP contribution is 2.28. The van der Waals surface area contributed by atoms with Crippen molar-refractivity contribution in [2.24, 2.45) is 5.92 Å². The lowest BCUT2D eigenvalue weighted by Crippen LogP contribution is -2.34. The molecule has 2 aromatic rings. The van der Waals surface area contributed by atoms with Gasteiger partial charge in [-0.25, -0.2) is 13.1 Å². The second kappa shape index (κ2) is 9.55. The van der Waals surface area contributed by atoms with Gasteiger partial charge in [-0.15, -0.1) is 0 Å². The van der Waals surface area contributed by atoms with Gasteiger partial charge in [-0.2, -0.15) is 0 Å². The van der Waals surface area contributed by atoms with Gasteiger partial charge in [0, 0.05) is 25.7 Å². The van der Waals surface area contributed by atoms with Crippen molar-refractivity contribution < 1.29 is 13.3 Å². The molecule has 0 bridgehead atoms. The van der Waals surface area contributed by atoms with E-state index in [0.29, 0.717) is 12.5 Å². The Morgan fingerprint density at radius 3 is 2.60 bits per heavy atom. The lowest BCUT2D eigenvalue weighted by molar-refractivity contribution is -0.384. The topological polar surface area (TPSA) is 105 Å². The summed E-state index contributed by atoms with van der Waals surface area (Å²) in [6.45, 7) is 5.70. The molecule has 8 nitrogen and oxygen atoms in total. The Kier molecular flexibility index (Phi) is 7.06. The van der Waals surface area contributed by atoms with Gasteiger partial charge in [0.15, 0.2) is 0 Å². The molecule has 30 heavy (non-hydrogen) atoms. The summed E-state index contributed by atoms with van der Waals surface area (Å²) in [5.41, 5.74) is 2.28. The molecule has 1 aliphatic heterocycles. The Morgan fingerprint density at radius 1 is 1.20 bits per heavy atom. The predicted octanol–water partition coefficient (Wildman–Crippen LogP) is 3.35. The molecule has 162 valence electrons. The first kappa shape index (κ1) is 22.2. The van der Waals surface area contributed by atoms with E-state index in [9.17, 15) is 18.5 Å². The molecule has 1 aliphatic rings. The van der Waals surface area contributed by atoms with E-state index in [4.69, 9.17) is 0 Å². The molecule has 2 N–H and O–H groups in total. The maximum absolute atomic E-state index is 12.0. The van der Waals surface area contributed by atoms with E-state index in [1.807, 2.05) is 18.2 Å². The van der Waals surface area contributed by atoms with Crippen LogP contribution in [0.15, 0.2) is 47.4 Å². The summed E-state index contributed by atoms with van der Waals surface area (Å²) in [7, 11) is -2.48. The zero-order valence-corrected chi connectivity index (χ0v) is 18.1. The van der Waals surface area contributed by atoms with Crippen LogP contribution in [0.4, 0.5) is 11.4 Å². The third-order valence-electron chi connectivity index (χ3n) is 5.47. The van der Waals surface area contributed by atoms with E-state index in [1.165, 1.54) is 37.6 Å². The highest BCUT2D eigenvalue weighted by Gasteiger charge is 2.21. The predicted molar refractivity (Wildman–Crippen MR) is 117 cm³/mol. The van der Waals surface area contributed by atoms with E-state index in [-0.39, 0.29) is 16.3 Å². The largest absolute Gasteiger partial charge is 0.375 e. The molecular weight excluding hydrogens is 404 g/mol. The van der Waals surface area contributed by atoms with Crippen molar-refractivity contribution in [3.8, 4) is 0 Å². The van der Waals surface area contributed by atoms with Crippen molar-refractivity contribution >= 4 is 21.4 Å². The number of benzene rings is 2. The lowest BCUT2D eigenvalue weighted by Gasteiger charge is -2.31. The first-order valence-electron chi connectivity index (χ1n) is 10.0. The number of anilines is 1. The first-order chi connectivity index (χ1) is 14.3. The fourth-order valence-corrected chi connectivity index (χ4v) is 4.59. The minimum Gasteiger partial charge on any atom is -0.375 e. The van der Waals surface area contributed by atoms with Gasteiger partial charge in [-0.1, -0.05) is 31.2 Å². The number of hydrogen-bond donors (Lipinski definition) is 2. The number of nitrogens with one attached hydrogen (secondary N) is 2. The maximum atomic E-state index is 12.0. The third-order valence-corrected chi connectivity index (χ3v) is 6.88. The summed E-state index contributed by atoms with van der Waals surface area (Å²) >= 11 is 0. The Morgan fingerprint density at radius 2 is 1.93 bits per heavy atom. The number of likely N-dealkylation sites (tertiary alicyclic amines) is 1. The van der Waals surface area contributed by atoms with Crippen LogP contribution in [0.5, 0.6) is 0 Å². The molecule has 1 saturated heterocycles. The number of rotatable bonds is 8. The Balaban J connectivity index is 1.78. The van der Waals surface area contributed by atoms with Gasteiger partial charge in [0.25, 0.3) is 5.69 Å². The average molecular weight is 433 g/mol. The van der Waals surface area contributed by atoms with Crippen molar-refractivity contribution in [2.45, 2.75) is 37.8 Å². The third kappa shape index (κ3) is 5.35. The van der Waals surface area contributed by atoms with E-state index in [1.54, 1.807) is 0 Å². The molecule has 1 fully saturated rings. The zero-order valence-electron chi connectivity index (χ0n) is 17.3. The molecule has 2 aromatic carbocycles. The van der Waals surface area contributed by atoms with Crippen LogP contribution in [0.1, 0.15) is 30.9 Å². The molecule has 1 heterocycles. The van der Waals surface area contributed by atoms with Crippen LogP contribution in [0, 0.1) is 16.0 Å². The van der Waals surface area contributed by atoms with Crippen molar-refractivity contribution in [3.63, 3.8) is 0 Å². The second-order valence-electron chi connectivity index (χ2n) is 7.75. The highest BCUT2D eigenvalue weighted by molar-refractivity contribution is 7.89. The van der Waals surface area contributed by atoms with Crippen molar-refractivity contribution in [1.82, 2.24) is 9.62 Å². The molecule has 0 radical (unpaired) electrons. The molecule has 9 heteroatoms. The molecule has 3 rings (SSSR count). The van der Waals surface area contributed by atoms with Crippen LogP contribution < -0.4 is 10.0 Å². The highest BCUT2D eigenvalue weighted by atomic mass is 32.2. The van der Waals surface area contributed by atoms with Crippen molar-refractivity contribution in [3.05, 3.63) is 63.7 Å². The van der Waals surface area contributed by atoms with E-state index < -0.39 is 14.9 Å². The Hall–Kier alpha value is -2.49. The smallest absolute Gasteiger partial charge is 0.293 e. The molecule has 0 spiro atoms. The standard InChI is InChI=1S/C21H28N4O4S/c1-16-6-5-11-24(14-16)15-18-8-4-3-7-17(18)13-23-20-10-9-19(30(28,29)22-2)12-21(20)25(26)27/h3-4,7-10,12,16,22-23H,5-6,11,13-15H2,1-2H3. The first-order valence-corrected chi connectivity index (χ1v) is 11.5. The van der Waals surface area contributed by atoms with E-state index in [0.717, 1.165) is 31.3 Å². The van der Waals surface area contributed by atoms with Crippen LogP contribution in [0.2, 0.25) is 0 Å². The lowest BCUT2D eigenvalue weighted by atomic mass is 9.99. The van der Waals surface area contributed by atoms with E-state index >= 15 is 0 Å². The van der Waals surface area contributed by atoms with Crippen molar-refractivity contribution in [1.29, 1.82) is 0 Å². The van der Waals surface area contributed by atoms with Crippen LogP contribution in [0.25, 0.3) is 0 Å². The fraction of sp³-hybridized carbons (Fsp3) is 0.429. The van der Waals surface area contributed by atoms with Gasteiger partial charge in [0.1, 0.15) is 5.69 Å². The van der Waals surface area contributed by atoms with Gasteiger partial charge < -0.3 is 5.32 Å². The van der Waals surface area contributed by atoms with E-state index in [2.05, 4.69) is 27.9 Å². The van der Waals surface area contributed by atoms with Gasteiger partial charge in [0.05, 0.1) is 9.82 Å². The number of nitrogens with zero attached hydrogens (tertiary/aromatic N) is 2. The van der Waals surface area contributed by atoms with Crippen LogP contribution in [-0.4, -0.2) is 38.4 Å². The summed E-state index contributed by atoms with van der Waals surface area (Å²) < 4.78 is 26.1. The van der Waals surface area contributed by atoms with Gasteiger partial charge in [-0.05, 0) is 55.6 Å². The SMILES string of the molecule is CNS(=O)(=O)c1ccc(NCc2ccccc2CN2CCCC(C)C2)c([N+](=O)[O-])c1. The van der Waals surface area contributed by atoms with Crippen LogP contribution >= 0.6 is 0 Å². The molecule has 1 atom stereocenters.